The zero-order chi connectivity index (χ0) is 8.36. The molecule has 0 bridgehead atoms. The Morgan fingerprint density at radius 3 is 1.36 bits per heavy atom. The van der Waals surface area contributed by atoms with Gasteiger partial charge in [0.1, 0.15) is 0 Å². The lowest BCUT2D eigenvalue weighted by molar-refractivity contribution is 0.408. The third-order valence-corrected chi connectivity index (χ3v) is 1.14. The van der Waals surface area contributed by atoms with Crippen LogP contribution in [0.4, 0.5) is 0 Å². The van der Waals surface area contributed by atoms with E-state index < -0.39 is 15.4 Å². The maximum atomic E-state index is 7.68. The third kappa shape index (κ3) is 9.93. The van der Waals surface area contributed by atoms with E-state index >= 15 is 0 Å². The Balaban J connectivity index is 0.000000187. The number of piperazine rings is 1. The summed E-state index contributed by atoms with van der Waals surface area (Å²) >= 11 is 0. The average molecular weight is 160 g/mol. The SMILES string of the molecule is C1CNCCN1.OBOBO. The highest BCUT2D eigenvalue weighted by Crippen LogP contribution is 1.65. The Labute approximate surface area is 67.8 Å². The summed E-state index contributed by atoms with van der Waals surface area (Å²) < 4.78 is 3.94. The average Bonchev–Trinajstić information content (AvgIpc) is 2.10. The van der Waals surface area contributed by atoms with Crippen LogP contribution in [-0.2, 0) is 4.57 Å². The summed E-state index contributed by atoms with van der Waals surface area (Å²) in [6, 6.07) is 0. The first-order valence-electron chi connectivity index (χ1n) is 3.62. The van der Waals surface area contributed by atoms with Gasteiger partial charge < -0.3 is 25.3 Å². The molecular formula is C4H14B2N2O3. The van der Waals surface area contributed by atoms with E-state index in [9.17, 15) is 0 Å². The standard InChI is InChI=1S/C4H10N2.B2H4O3/c1-2-6-4-3-5-1;3-1-5-2-4/h5-6H,1-4H2;1-4H. The monoisotopic (exact) mass is 160 g/mol. The number of hydrogen-bond acceptors (Lipinski definition) is 5. The van der Waals surface area contributed by atoms with Gasteiger partial charge in [0.25, 0.3) is 0 Å². The van der Waals surface area contributed by atoms with Crippen LogP contribution in [0.3, 0.4) is 0 Å². The van der Waals surface area contributed by atoms with Crippen LogP contribution in [0.5, 0.6) is 0 Å². The molecule has 4 N–H and O–H groups in total. The van der Waals surface area contributed by atoms with Gasteiger partial charge in [-0.2, -0.15) is 0 Å². The van der Waals surface area contributed by atoms with E-state index in [4.69, 9.17) is 10.0 Å². The Morgan fingerprint density at radius 1 is 0.909 bits per heavy atom. The topological polar surface area (TPSA) is 73.8 Å². The fourth-order valence-corrected chi connectivity index (χ4v) is 0.644. The van der Waals surface area contributed by atoms with Crippen LogP contribution in [0.15, 0.2) is 0 Å². The zero-order valence-electron chi connectivity index (χ0n) is 6.55. The third-order valence-electron chi connectivity index (χ3n) is 1.14. The molecule has 0 saturated carbocycles. The predicted molar refractivity (Wildman–Crippen MR) is 45.6 cm³/mol. The number of hydrogen-bond donors (Lipinski definition) is 4. The molecule has 0 aromatic heterocycles. The van der Waals surface area contributed by atoms with Crippen molar-refractivity contribution in [2.75, 3.05) is 26.2 Å². The van der Waals surface area contributed by atoms with E-state index in [2.05, 4.69) is 15.2 Å². The second kappa shape index (κ2) is 9.93. The van der Waals surface area contributed by atoms with Crippen LogP contribution in [0.25, 0.3) is 0 Å². The highest BCUT2D eigenvalue weighted by molar-refractivity contribution is 6.32. The van der Waals surface area contributed by atoms with Gasteiger partial charge in [0.05, 0.1) is 0 Å². The van der Waals surface area contributed by atoms with Crippen molar-refractivity contribution < 1.29 is 14.6 Å². The largest absolute Gasteiger partial charge is 0.457 e. The summed E-state index contributed by atoms with van der Waals surface area (Å²) in [6.45, 7) is 4.56. The first-order valence-corrected chi connectivity index (χ1v) is 3.62. The second-order valence-electron chi connectivity index (χ2n) is 1.96. The van der Waals surface area contributed by atoms with E-state index in [1.54, 1.807) is 0 Å². The van der Waals surface area contributed by atoms with Gasteiger partial charge in [-0.3, -0.25) is 0 Å². The Hall–Kier alpha value is -0.0701. The molecule has 0 aliphatic carbocycles. The molecule has 1 aliphatic heterocycles. The minimum Gasteiger partial charge on any atom is -0.457 e. The first kappa shape index (κ1) is 10.9. The molecule has 7 heteroatoms. The second-order valence-corrected chi connectivity index (χ2v) is 1.96. The minimum absolute atomic E-state index is 0.406. The Morgan fingerprint density at radius 2 is 1.27 bits per heavy atom. The molecule has 5 nitrogen and oxygen atoms in total. The van der Waals surface area contributed by atoms with Crippen molar-refractivity contribution in [3.8, 4) is 0 Å². The van der Waals surface area contributed by atoms with Gasteiger partial charge in [0.2, 0.25) is 0 Å². The van der Waals surface area contributed by atoms with Crippen molar-refractivity contribution in [2.45, 2.75) is 0 Å². The van der Waals surface area contributed by atoms with Gasteiger partial charge in [-0.1, -0.05) is 0 Å². The molecule has 0 aromatic rings. The van der Waals surface area contributed by atoms with Crippen molar-refractivity contribution in [3.63, 3.8) is 0 Å². The van der Waals surface area contributed by atoms with Crippen molar-refractivity contribution in [3.05, 3.63) is 0 Å². The van der Waals surface area contributed by atoms with Crippen LogP contribution in [0, 0.1) is 0 Å². The molecule has 0 atom stereocenters. The lowest BCUT2D eigenvalue weighted by Gasteiger charge is -2.11. The maximum absolute atomic E-state index is 7.68. The molecule has 1 aliphatic rings. The minimum atomic E-state index is -0.406. The van der Waals surface area contributed by atoms with Crippen molar-refractivity contribution in [1.29, 1.82) is 0 Å². The highest BCUT2D eigenvalue weighted by Gasteiger charge is 1.91. The summed E-state index contributed by atoms with van der Waals surface area (Å²) in [5.74, 6) is 0. The molecular weight excluding hydrogens is 146 g/mol. The van der Waals surface area contributed by atoms with E-state index in [1.807, 2.05) is 0 Å². The Bertz CT molecular complexity index is 60.8. The fraction of sp³-hybridized carbons (Fsp3) is 1.00. The molecule has 64 valence electrons. The first-order chi connectivity index (χ1) is 5.41. The van der Waals surface area contributed by atoms with Crippen molar-refractivity contribution in [2.24, 2.45) is 0 Å². The van der Waals surface area contributed by atoms with Gasteiger partial charge in [0, 0.05) is 26.2 Å². The van der Waals surface area contributed by atoms with Crippen LogP contribution in [0.2, 0.25) is 0 Å². The van der Waals surface area contributed by atoms with E-state index in [-0.39, 0.29) is 0 Å². The summed E-state index contributed by atoms with van der Waals surface area (Å²) in [6.07, 6.45) is 0. The summed E-state index contributed by atoms with van der Waals surface area (Å²) in [7, 11) is -0.812. The van der Waals surface area contributed by atoms with Crippen LogP contribution >= 0.6 is 0 Å². The normalized spacial score (nSPS) is 16.2. The summed E-state index contributed by atoms with van der Waals surface area (Å²) in [5.41, 5.74) is 0. The van der Waals surface area contributed by atoms with Gasteiger partial charge in [0.15, 0.2) is 0 Å². The molecule has 0 spiro atoms. The molecule has 0 radical (unpaired) electrons. The molecule has 0 unspecified atom stereocenters. The molecule has 1 heterocycles. The molecule has 1 fully saturated rings. The Kier molecular flexibility index (Phi) is 9.87. The van der Waals surface area contributed by atoms with Crippen LogP contribution in [0.1, 0.15) is 0 Å². The molecule has 1 rings (SSSR count). The van der Waals surface area contributed by atoms with Gasteiger partial charge in [-0.25, -0.2) is 0 Å². The van der Waals surface area contributed by atoms with Crippen LogP contribution in [-0.4, -0.2) is 51.6 Å². The zero-order valence-corrected chi connectivity index (χ0v) is 6.55. The summed E-state index contributed by atoms with van der Waals surface area (Å²) in [5, 5.41) is 21.8. The molecule has 0 aromatic carbocycles. The lowest BCUT2D eigenvalue weighted by atomic mass is 10.3. The van der Waals surface area contributed by atoms with Gasteiger partial charge >= 0.3 is 15.4 Å². The maximum Gasteiger partial charge on any atom is 0.421 e. The van der Waals surface area contributed by atoms with Gasteiger partial charge in [-0.15, -0.1) is 0 Å². The summed E-state index contributed by atoms with van der Waals surface area (Å²) in [4.78, 5) is 0. The smallest absolute Gasteiger partial charge is 0.421 e. The van der Waals surface area contributed by atoms with Crippen molar-refractivity contribution >= 4 is 15.4 Å². The van der Waals surface area contributed by atoms with Crippen LogP contribution < -0.4 is 10.6 Å². The quantitative estimate of drug-likeness (QED) is 0.318. The predicted octanol–water partition coefficient (Wildman–Crippen LogP) is -3.30. The highest BCUT2D eigenvalue weighted by atomic mass is 16.5. The molecule has 11 heavy (non-hydrogen) atoms. The molecule has 0 amide bonds. The number of rotatable bonds is 2. The van der Waals surface area contributed by atoms with Crippen molar-refractivity contribution in [1.82, 2.24) is 10.6 Å². The lowest BCUT2D eigenvalue weighted by Crippen LogP contribution is -2.39. The number of nitrogens with one attached hydrogen (secondary N) is 2. The van der Waals surface area contributed by atoms with E-state index in [1.165, 1.54) is 0 Å². The van der Waals surface area contributed by atoms with Gasteiger partial charge in [-0.05, 0) is 0 Å². The fourth-order valence-electron chi connectivity index (χ4n) is 0.644. The molecule has 1 saturated heterocycles. The van der Waals surface area contributed by atoms with E-state index in [0.29, 0.717) is 0 Å². The van der Waals surface area contributed by atoms with E-state index in [0.717, 1.165) is 26.2 Å².